The molecule has 0 N–H and O–H groups in total. The van der Waals surface area contributed by atoms with Crippen LogP contribution in [-0.2, 0) is 16.8 Å². The second-order valence-corrected chi connectivity index (χ2v) is 8.01. The molecule has 1 aliphatic heterocycles. The van der Waals surface area contributed by atoms with Crippen molar-refractivity contribution < 1.29 is 8.42 Å². The van der Waals surface area contributed by atoms with E-state index >= 15 is 0 Å². The van der Waals surface area contributed by atoms with Crippen LogP contribution in [0.1, 0.15) is 17.3 Å². The number of fused-ring (bicyclic) bond motifs is 1. The van der Waals surface area contributed by atoms with E-state index in [-0.39, 0.29) is 6.04 Å². The van der Waals surface area contributed by atoms with E-state index in [0.29, 0.717) is 18.1 Å². The van der Waals surface area contributed by atoms with Gasteiger partial charge in [-0.3, -0.25) is 0 Å². The SMILES string of the molecule is CN(C)S(=O)(=O)N1CCn2cccc2C1c1ccc(Cl)cc1. The van der Waals surface area contributed by atoms with Crippen LogP contribution in [0.3, 0.4) is 0 Å². The van der Waals surface area contributed by atoms with Gasteiger partial charge in [0.15, 0.2) is 0 Å². The number of rotatable bonds is 3. The molecule has 0 spiro atoms. The van der Waals surface area contributed by atoms with Gasteiger partial charge in [-0.2, -0.15) is 17.0 Å². The van der Waals surface area contributed by atoms with Gasteiger partial charge in [-0.15, -0.1) is 0 Å². The molecular weight excluding hydrogens is 322 g/mol. The smallest absolute Gasteiger partial charge is 0.282 e. The summed E-state index contributed by atoms with van der Waals surface area (Å²) in [5.74, 6) is 0. The average Bonchev–Trinajstić information content (AvgIpc) is 2.95. The van der Waals surface area contributed by atoms with Gasteiger partial charge < -0.3 is 4.57 Å². The zero-order chi connectivity index (χ0) is 15.9. The minimum atomic E-state index is -3.51. The van der Waals surface area contributed by atoms with Crippen molar-refractivity contribution in [3.63, 3.8) is 0 Å². The molecule has 0 aliphatic carbocycles. The Morgan fingerprint density at radius 1 is 1.14 bits per heavy atom. The van der Waals surface area contributed by atoms with Crippen LogP contribution in [0.2, 0.25) is 5.02 Å². The second kappa shape index (κ2) is 5.70. The van der Waals surface area contributed by atoms with Gasteiger partial charge >= 0.3 is 0 Å². The topological polar surface area (TPSA) is 45.6 Å². The van der Waals surface area contributed by atoms with Gasteiger partial charge in [0.1, 0.15) is 0 Å². The van der Waals surface area contributed by atoms with Gasteiger partial charge in [0.25, 0.3) is 10.2 Å². The Morgan fingerprint density at radius 2 is 1.82 bits per heavy atom. The summed E-state index contributed by atoms with van der Waals surface area (Å²) in [6, 6.07) is 10.9. The molecule has 0 saturated heterocycles. The number of hydrogen-bond acceptors (Lipinski definition) is 2. The van der Waals surface area contributed by atoms with Crippen molar-refractivity contribution >= 4 is 21.8 Å². The number of aromatic nitrogens is 1. The molecule has 22 heavy (non-hydrogen) atoms. The molecule has 0 bridgehead atoms. The van der Waals surface area contributed by atoms with Gasteiger partial charge in [-0.1, -0.05) is 23.7 Å². The summed E-state index contributed by atoms with van der Waals surface area (Å²) in [6.45, 7) is 1.09. The van der Waals surface area contributed by atoms with Gasteiger partial charge in [0.05, 0.1) is 6.04 Å². The molecular formula is C15H18ClN3O2S. The fourth-order valence-electron chi connectivity index (χ4n) is 2.80. The van der Waals surface area contributed by atoms with E-state index in [2.05, 4.69) is 4.57 Å². The van der Waals surface area contributed by atoms with Gasteiger partial charge in [0.2, 0.25) is 0 Å². The van der Waals surface area contributed by atoms with Crippen molar-refractivity contribution in [3.8, 4) is 0 Å². The standard InChI is InChI=1S/C15H18ClN3O2S/c1-17(2)22(20,21)19-11-10-18-9-3-4-14(18)15(19)12-5-7-13(16)8-6-12/h3-9,15H,10-11H2,1-2H3. The molecule has 0 radical (unpaired) electrons. The predicted molar refractivity (Wildman–Crippen MR) is 87.0 cm³/mol. The predicted octanol–water partition coefficient (Wildman–Crippen LogP) is 2.35. The molecule has 1 unspecified atom stereocenters. The van der Waals surface area contributed by atoms with Gasteiger partial charge in [-0.05, 0) is 29.8 Å². The minimum Gasteiger partial charge on any atom is -0.348 e. The fraction of sp³-hybridized carbons (Fsp3) is 0.333. The molecule has 1 aromatic heterocycles. The van der Waals surface area contributed by atoms with Gasteiger partial charge in [0, 0.05) is 44.1 Å². The van der Waals surface area contributed by atoms with Crippen molar-refractivity contribution in [2.75, 3.05) is 20.6 Å². The summed E-state index contributed by atoms with van der Waals surface area (Å²) in [5.41, 5.74) is 1.88. The Morgan fingerprint density at radius 3 is 2.45 bits per heavy atom. The van der Waals surface area contributed by atoms with Crippen molar-refractivity contribution in [1.82, 2.24) is 13.2 Å². The monoisotopic (exact) mass is 339 g/mol. The first-order chi connectivity index (χ1) is 10.4. The summed E-state index contributed by atoms with van der Waals surface area (Å²) in [4.78, 5) is 0. The van der Waals surface area contributed by atoms with Crippen LogP contribution >= 0.6 is 11.6 Å². The van der Waals surface area contributed by atoms with Crippen LogP contribution in [0, 0.1) is 0 Å². The Kier molecular flexibility index (Phi) is 4.03. The van der Waals surface area contributed by atoms with Crippen LogP contribution in [0.4, 0.5) is 0 Å². The molecule has 0 amide bonds. The minimum absolute atomic E-state index is 0.339. The molecule has 1 aliphatic rings. The molecule has 3 rings (SSSR count). The molecule has 2 heterocycles. The van der Waals surface area contributed by atoms with E-state index in [9.17, 15) is 8.42 Å². The first kappa shape index (κ1) is 15.6. The summed E-state index contributed by atoms with van der Waals surface area (Å²) in [6.07, 6.45) is 1.98. The third-order valence-electron chi connectivity index (χ3n) is 3.94. The molecule has 1 aromatic carbocycles. The summed E-state index contributed by atoms with van der Waals surface area (Å²) < 4.78 is 30.3. The highest BCUT2D eigenvalue weighted by Crippen LogP contribution is 2.35. The van der Waals surface area contributed by atoms with E-state index < -0.39 is 10.2 Å². The van der Waals surface area contributed by atoms with E-state index in [4.69, 9.17) is 11.6 Å². The molecule has 0 saturated carbocycles. The van der Waals surface area contributed by atoms with Crippen molar-refractivity contribution in [3.05, 3.63) is 58.9 Å². The van der Waals surface area contributed by atoms with Crippen LogP contribution in [-0.4, -0.2) is 42.2 Å². The number of benzene rings is 1. The maximum absolute atomic E-state index is 12.7. The first-order valence-corrected chi connectivity index (χ1v) is 8.78. The summed E-state index contributed by atoms with van der Waals surface area (Å²) >= 11 is 5.96. The largest absolute Gasteiger partial charge is 0.348 e. The molecule has 0 fully saturated rings. The number of nitrogens with zero attached hydrogens (tertiary/aromatic N) is 3. The van der Waals surface area contributed by atoms with E-state index in [1.807, 2.05) is 30.5 Å². The lowest BCUT2D eigenvalue weighted by molar-refractivity contribution is 0.281. The van der Waals surface area contributed by atoms with Crippen molar-refractivity contribution in [2.24, 2.45) is 0 Å². The third-order valence-corrected chi connectivity index (χ3v) is 6.10. The number of halogens is 1. The van der Waals surface area contributed by atoms with Gasteiger partial charge in [-0.25, -0.2) is 0 Å². The van der Waals surface area contributed by atoms with Crippen LogP contribution in [0.15, 0.2) is 42.6 Å². The zero-order valence-corrected chi connectivity index (χ0v) is 14.0. The van der Waals surface area contributed by atoms with E-state index in [1.165, 1.54) is 4.31 Å². The quantitative estimate of drug-likeness (QED) is 0.861. The van der Waals surface area contributed by atoms with Crippen molar-refractivity contribution in [2.45, 2.75) is 12.6 Å². The lowest BCUT2D eigenvalue weighted by atomic mass is 10.0. The fourth-order valence-corrected chi connectivity index (χ4v) is 4.16. The van der Waals surface area contributed by atoms with Crippen LogP contribution in [0.5, 0.6) is 0 Å². The zero-order valence-electron chi connectivity index (χ0n) is 12.5. The van der Waals surface area contributed by atoms with Crippen molar-refractivity contribution in [1.29, 1.82) is 0 Å². The molecule has 7 heteroatoms. The highest BCUT2D eigenvalue weighted by atomic mass is 35.5. The summed E-state index contributed by atoms with van der Waals surface area (Å²) in [7, 11) is -0.393. The maximum Gasteiger partial charge on any atom is 0.282 e. The molecule has 1 atom stereocenters. The van der Waals surface area contributed by atoms with E-state index in [0.717, 1.165) is 11.3 Å². The first-order valence-electron chi connectivity index (χ1n) is 7.01. The number of hydrogen-bond donors (Lipinski definition) is 0. The average molecular weight is 340 g/mol. The van der Waals surface area contributed by atoms with Crippen LogP contribution < -0.4 is 0 Å². The van der Waals surface area contributed by atoms with E-state index in [1.54, 1.807) is 30.5 Å². The lowest BCUT2D eigenvalue weighted by Gasteiger charge is -2.37. The Bertz CT molecular complexity index is 768. The Hall–Kier alpha value is -1.34. The molecule has 118 valence electrons. The summed E-state index contributed by atoms with van der Waals surface area (Å²) in [5, 5.41) is 0.636. The molecule has 2 aromatic rings. The third kappa shape index (κ3) is 2.56. The second-order valence-electron chi connectivity index (χ2n) is 5.48. The maximum atomic E-state index is 12.7. The highest BCUT2D eigenvalue weighted by Gasteiger charge is 2.37. The molecule has 5 nitrogen and oxygen atoms in total. The highest BCUT2D eigenvalue weighted by molar-refractivity contribution is 7.86. The normalized spacial score (nSPS) is 19.4. The van der Waals surface area contributed by atoms with Crippen LogP contribution in [0.25, 0.3) is 0 Å². The Labute approximate surface area is 135 Å². The Balaban J connectivity index is 2.13. The lowest BCUT2D eigenvalue weighted by Crippen LogP contribution is -2.47.